The van der Waals surface area contributed by atoms with Crippen LogP contribution in [0.1, 0.15) is 113 Å². The summed E-state index contributed by atoms with van der Waals surface area (Å²) in [5, 5.41) is 9.39. The lowest BCUT2D eigenvalue weighted by Crippen LogP contribution is -2.14. The molecule has 6 rings (SSSR count). The zero-order chi connectivity index (χ0) is 43.5. The van der Waals surface area contributed by atoms with Gasteiger partial charge in [0.15, 0.2) is 5.78 Å². The Morgan fingerprint density at radius 3 is 1.29 bits per heavy atom. The molecule has 0 aliphatic heterocycles. The first kappa shape index (κ1) is 53.0. The van der Waals surface area contributed by atoms with Crippen molar-refractivity contribution in [2.24, 2.45) is 10.3 Å². The number of rotatable bonds is 7. The van der Waals surface area contributed by atoms with E-state index in [9.17, 15) is 26.4 Å². The number of hydrogen-bond donors (Lipinski definition) is 2. The van der Waals surface area contributed by atoms with Gasteiger partial charge in [-0.25, -0.2) is 57.3 Å². The van der Waals surface area contributed by atoms with E-state index in [1.807, 2.05) is 12.1 Å². The number of hydrogen-bond acceptors (Lipinski definition) is 6. The fraction of sp³-hybridized carbons (Fsp3) is 0.333. The Bertz CT molecular complexity index is 2120. The first-order valence-corrected chi connectivity index (χ1v) is 28.4. The maximum absolute atomic E-state index is 12.6. The van der Waals surface area contributed by atoms with Crippen LogP contribution in [0, 0.1) is 0 Å². The quantitative estimate of drug-likeness (QED) is 0.0813. The highest BCUT2D eigenvalue weighted by atomic mass is 35.8. The molecule has 4 aromatic carbocycles. The average Bonchev–Trinajstić information content (AvgIpc) is 3.19. The monoisotopic (exact) mass is 1010 g/mol. The Hall–Kier alpha value is -1.11. The van der Waals surface area contributed by atoms with E-state index in [0.717, 1.165) is 12.0 Å². The van der Waals surface area contributed by atoms with Crippen LogP contribution in [-0.2, 0) is 20.0 Å². The molecule has 0 heterocycles. The Morgan fingerprint density at radius 2 is 0.914 bits per heavy atom. The average molecular weight is 1010 g/mol. The molecule has 0 atom stereocenters. The van der Waals surface area contributed by atoms with Crippen molar-refractivity contribution in [1.82, 2.24) is 0 Å². The van der Waals surface area contributed by atoms with Gasteiger partial charge in [0.1, 0.15) is 9.79 Å². The third-order valence-corrected chi connectivity index (χ3v) is 12.1. The van der Waals surface area contributed by atoms with Crippen LogP contribution in [0.3, 0.4) is 0 Å². The molecule has 316 valence electrons. The lowest BCUT2D eigenvalue weighted by atomic mass is 9.84. The van der Waals surface area contributed by atoms with Crippen molar-refractivity contribution in [2.75, 3.05) is 5.34 Å². The van der Waals surface area contributed by atoms with Crippen LogP contribution in [0.5, 0.6) is 0 Å². The van der Waals surface area contributed by atoms with Gasteiger partial charge in [0.2, 0.25) is 20.0 Å². The molecule has 0 spiro atoms. The van der Waals surface area contributed by atoms with Gasteiger partial charge in [-0.2, -0.15) is 0 Å². The number of carbonyl (C=O) groups excluding carboxylic acids is 2. The summed E-state index contributed by atoms with van der Waals surface area (Å²) in [7, 11) is 6.92. The van der Waals surface area contributed by atoms with Crippen molar-refractivity contribution >= 4 is 131 Å². The van der Waals surface area contributed by atoms with Crippen molar-refractivity contribution in [2.45, 2.75) is 85.8 Å². The van der Waals surface area contributed by atoms with Gasteiger partial charge < -0.3 is 0 Å². The van der Waals surface area contributed by atoms with Gasteiger partial charge in [-0.3, -0.25) is 9.59 Å². The van der Waals surface area contributed by atoms with Gasteiger partial charge in [-0.05, 0) is 96.6 Å². The first-order chi connectivity index (χ1) is 27.3. The van der Waals surface area contributed by atoms with Crippen molar-refractivity contribution in [3.05, 3.63) is 129 Å². The molecule has 19 heteroatoms. The molecular weight excluding hydrogens is 967 g/mol. The molecular formula is C39H43AlCl8N2O6S2. The summed E-state index contributed by atoms with van der Waals surface area (Å²) in [6.45, 7) is 0. The molecule has 4 N–H and O–H groups in total. The normalized spacial score (nSPS) is 14.4. The Kier molecular flexibility index (Phi) is 24.7. The van der Waals surface area contributed by atoms with Gasteiger partial charge in [0.25, 0.3) is 5.24 Å². The number of ketones is 1. The predicted molar refractivity (Wildman–Crippen MR) is 244 cm³/mol. The van der Waals surface area contributed by atoms with Crippen molar-refractivity contribution in [3.63, 3.8) is 0 Å². The topological polar surface area (TPSA) is 154 Å². The molecule has 8 nitrogen and oxygen atoms in total. The van der Waals surface area contributed by atoms with Gasteiger partial charge in [0, 0.05) is 16.7 Å². The number of sulfonamides is 2. The molecule has 58 heavy (non-hydrogen) atoms. The third-order valence-electron chi connectivity index (χ3n) is 9.09. The second-order valence-corrected chi connectivity index (χ2v) is 24.5. The van der Waals surface area contributed by atoms with Gasteiger partial charge in [-0.1, -0.05) is 116 Å². The molecule has 0 unspecified atom stereocenters. The smallest absolute Gasteiger partial charge is 0.289 e. The number of carbonyl (C=O) groups is 2. The standard InChI is InChI=1S/C19H20ClNO3S.C12H16.C7H5Cl2NO3S.CH2Cl2.Al.3ClH/c20-17-11-10-16(12-18(17)25(21,23)24)19(22)15-8-6-14(7-9-15)13-4-2-1-3-5-13;1-3-7-11(8-4-1)12-9-5-2-6-10-12;8-5-2-1-4(7(9)11)3-6(5)14(10,12)13;2-1-3;;;;/h6-13H,1-5H2,(H2,21,23,24);1,3-4,7-8,12H,2,5-6,9-10H2;1-3H,(H2,10,12,13);1H2;;3*1H/q;;;;+3;;;/p-3. The summed E-state index contributed by atoms with van der Waals surface area (Å²) in [5.41, 5.74) is 3.61. The molecule has 2 aliphatic carbocycles. The highest BCUT2D eigenvalue weighted by Gasteiger charge is 2.20. The Morgan fingerprint density at radius 1 is 0.569 bits per heavy atom. The van der Waals surface area contributed by atoms with Crippen LogP contribution in [-0.4, -0.2) is 44.6 Å². The van der Waals surface area contributed by atoms with Gasteiger partial charge >= 0.3 is 11.4 Å². The molecule has 2 saturated carbocycles. The fourth-order valence-corrected chi connectivity index (χ4v) is 8.64. The first-order valence-electron chi connectivity index (χ1n) is 17.9. The van der Waals surface area contributed by atoms with E-state index in [1.165, 1.54) is 100 Å². The van der Waals surface area contributed by atoms with E-state index in [4.69, 9.17) is 98.4 Å². The summed E-state index contributed by atoms with van der Waals surface area (Å²) >= 11 is 24.4. The second-order valence-electron chi connectivity index (χ2n) is 13.0. The summed E-state index contributed by atoms with van der Waals surface area (Å²) in [6, 6.07) is 26.3. The fourth-order valence-electron chi connectivity index (χ4n) is 6.38. The number of nitrogens with two attached hydrogens (primary N) is 2. The van der Waals surface area contributed by atoms with Gasteiger partial charge in [0.05, 0.1) is 15.4 Å². The number of benzene rings is 4. The minimum absolute atomic E-state index is 0.00620. The van der Waals surface area contributed by atoms with E-state index < -0.39 is 36.7 Å². The van der Waals surface area contributed by atoms with Crippen LogP contribution in [0.25, 0.3) is 0 Å². The molecule has 0 bridgehead atoms. The Balaban J connectivity index is 0.000000297. The molecule has 2 fully saturated rings. The maximum atomic E-state index is 12.6. The minimum Gasteiger partial charge on any atom is -0.289 e. The molecule has 0 radical (unpaired) electrons. The van der Waals surface area contributed by atoms with E-state index >= 15 is 0 Å². The van der Waals surface area contributed by atoms with Crippen LogP contribution >= 0.6 is 88.2 Å². The number of alkyl halides is 2. The summed E-state index contributed by atoms with van der Waals surface area (Å²) < 4.78 is 45.1. The highest BCUT2D eigenvalue weighted by molar-refractivity contribution is 7.89. The molecule has 0 aromatic heterocycles. The lowest BCUT2D eigenvalue weighted by Gasteiger charge is -2.22. The molecule has 2 aliphatic rings. The van der Waals surface area contributed by atoms with E-state index in [-0.39, 0.29) is 42.1 Å². The van der Waals surface area contributed by atoms with Crippen molar-refractivity contribution < 1.29 is 26.4 Å². The van der Waals surface area contributed by atoms with Crippen molar-refractivity contribution in [1.29, 1.82) is 0 Å². The van der Waals surface area contributed by atoms with Crippen LogP contribution in [0.15, 0.2) is 101 Å². The molecule has 0 amide bonds. The zero-order valence-corrected chi connectivity index (χ0v) is 40.0. The molecule has 0 saturated heterocycles. The minimum atomic E-state index is -3.98. The number of primary sulfonamides is 2. The van der Waals surface area contributed by atoms with E-state index in [1.54, 1.807) is 17.7 Å². The predicted octanol–water partition coefficient (Wildman–Crippen LogP) is 12.5. The molecule has 4 aromatic rings. The third kappa shape index (κ3) is 19.3. The lowest BCUT2D eigenvalue weighted by molar-refractivity contribution is 0.103. The van der Waals surface area contributed by atoms with Crippen molar-refractivity contribution in [3.8, 4) is 0 Å². The van der Waals surface area contributed by atoms with E-state index in [0.29, 0.717) is 11.5 Å². The summed E-state index contributed by atoms with van der Waals surface area (Å²) in [5.74, 6) is 1.18. The van der Waals surface area contributed by atoms with Crippen LogP contribution in [0.2, 0.25) is 10.0 Å². The van der Waals surface area contributed by atoms with Crippen LogP contribution < -0.4 is 10.3 Å². The number of halogens is 8. The summed E-state index contributed by atoms with van der Waals surface area (Å²) in [6.07, 6.45) is 13.3. The second kappa shape index (κ2) is 27.1. The SMILES string of the molecule is ClCCl.NS(=O)(=O)c1cc(C(=O)Cl)ccc1Cl.NS(=O)(=O)c1cc(C(=O)c2ccc(C3CCCCC3)cc2)ccc1Cl.[Cl][Al]([Cl])[Cl].c1ccc(C2CCCCC2)cc1. The Labute approximate surface area is 383 Å². The maximum Gasteiger partial charge on any atom is 0.643 e. The zero-order valence-electron chi connectivity index (χ0n) is 31.1. The van der Waals surface area contributed by atoms with Crippen LogP contribution in [0.4, 0.5) is 0 Å². The summed E-state index contributed by atoms with van der Waals surface area (Å²) in [4.78, 5) is 22.8. The van der Waals surface area contributed by atoms with Gasteiger partial charge in [-0.15, -0.1) is 23.2 Å². The highest BCUT2D eigenvalue weighted by Crippen LogP contribution is 2.34. The largest absolute Gasteiger partial charge is 0.643 e. The van der Waals surface area contributed by atoms with E-state index in [2.05, 4.69) is 30.3 Å².